The lowest BCUT2D eigenvalue weighted by molar-refractivity contribution is -0.137. The number of hydrogen-bond donors (Lipinski definition) is 2. The zero-order chi connectivity index (χ0) is 20.9. The summed E-state index contributed by atoms with van der Waals surface area (Å²) in [5, 5.41) is 10.3. The summed E-state index contributed by atoms with van der Waals surface area (Å²) < 4.78 is 39.2. The molecule has 0 bridgehead atoms. The molecule has 28 heavy (non-hydrogen) atoms. The van der Waals surface area contributed by atoms with Crippen LogP contribution < -0.4 is 5.32 Å². The zero-order valence-corrected chi connectivity index (χ0v) is 16.5. The van der Waals surface area contributed by atoms with Crippen molar-refractivity contribution in [2.24, 2.45) is 4.99 Å². The predicted octanol–water partition coefficient (Wildman–Crippen LogP) is 5.46. The highest BCUT2D eigenvalue weighted by atomic mass is 35.5. The van der Waals surface area contributed by atoms with Crippen molar-refractivity contribution in [1.29, 1.82) is 5.41 Å². The Morgan fingerprint density at radius 1 is 1.36 bits per heavy atom. The molecule has 0 aromatic heterocycles. The van der Waals surface area contributed by atoms with E-state index in [1.54, 1.807) is 6.92 Å². The maximum Gasteiger partial charge on any atom is 0.417 e. The van der Waals surface area contributed by atoms with Gasteiger partial charge in [-0.15, -0.1) is 0 Å². The molecule has 4 nitrogen and oxygen atoms in total. The number of amidine groups is 1. The number of alkyl halides is 3. The van der Waals surface area contributed by atoms with E-state index in [1.807, 2.05) is 0 Å². The molecule has 1 heterocycles. The summed E-state index contributed by atoms with van der Waals surface area (Å²) in [6.07, 6.45) is 0.247. The minimum atomic E-state index is -4.64. The number of ketones is 1. The fourth-order valence-electron chi connectivity index (χ4n) is 3.18. The van der Waals surface area contributed by atoms with E-state index in [9.17, 15) is 18.0 Å². The molecule has 1 aromatic rings. The van der Waals surface area contributed by atoms with Crippen LogP contribution in [0.25, 0.3) is 0 Å². The molecule has 1 saturated heterocycles. The van der Waals surface area contributed by atoms with Gasteiger partial charge in [-0.3, -0.25) is 10.2 Å². The minimum absolute atomic E-state index is 0.0875. The number of carbonyl (C=O) groups excluding carboxylic acids is 1. The van der Waals surface area contributed by atoms with Crippen LogP contribution in [0.2, 0.25) is 5.02 Å². The van der Waals surface area contributed by atoms with Crippen molar-refractivity contribution in [2.75, 3.05) is 6.54 Å². The summed E-state index contributed by atoms with van der Waals surface area (Å²) >= 11 is 5.88. The van der Waals surface area contributed by atoms with E-state index in [-0.39, 0.29) is 17.4 Å². The molecule has 0 saturated carbocycles. The van der Waals surface area contributed by atoms with Crippen LogP contribution in [0.1, 0.15) is 55.5 Å². The van der Waals surface area contributed by atoms with E-state index < -0.39 is 22.5 Å². The molecule has 2 rings (SSSR count). The van der Waals surface area contributed by atoms with Crippen LogP contribution in [0.15, 0.2) is 34.8 Å². The summed E-state index contributed by atoms with van der Waals surface area (Å²) in [6.45, 7) is 4.09. The molecule has 8 heteroatoms. The first-order valence-electron chi connectivity index (χ1n) is 9.04. The third-order valence-corrected chi connectivity index (χ3v) is 4.96. The maximum absolute atomic E-state index is 13.1. The van der Waals surface area contributed by atoms with E-state index in [0.717, 1.165) is 31.9 Å². The van der Waals surface area contributed by atoms with Gasteiger partial charge >= 0.3 is 6.18 Å². The standard InChI is InChI=1S/C20H23ClF3N3O/c1-12(27-13(2)25)14(10-15-6-3-4-9-26-15)11-18(28)16-7-5-8-17(19(16)21)20(22,23)24/h5,7-8,11,15,25-26H,3-4,6,9-10H2,1-2H3/b14-11+,25-13?,27-12?. The van der Waals surface area contributed by atoms with Gasteiger partial charge in [0, 0.05) is 17.3 Å². The van der Waals surface area contributed by atoms with Crippen LogP contribution in [0.3, 0.4) is 0 Å². The molecule has 0 amide bonds. The smallest absolute Gasteiger partial charge is 0.314 e. The molecule has 2 N–H and O–H groups in total. The molecule has 1 aromatic carbocycles. The topological polar surface area (TPSA) is 65.3 Å². The summed E-state index contributed by atoms with van der Waals surface area (Å²) in [5.41, 5.74) is -0.157. The average molecular weight is 414 g/mol. The van der Waals surface area contributed by atoms with Gasteiger partial charge in [-0.1, -0.05) is 24.1 Å². The second kappa shape index (κ2) is 9.47. The van der Waals surface area contributed by atoms with Gasteiger partial charge in [0.1, 0.15) is 5.84 Å². The minimum Gasteiger partial charge on any atom is -0.314 e. The van der Waals surface area contributed by atoms with Crippen LogP contribution in [0.4, 0.5) is 13.2 Å². The van der Waals surface area contributed by atoms with Gasteiger partial charge in [0.25, 0.3) is 0 Å². The monoisotopic (exact) mass is 413 g/mol. The normalized spacial score (nSPS) is 18.9. The van der Waals surface area contributed by atoms with Crippen LogP contribution in [-0.2, 0) is 6.18 Å². The van der Waals surface area contributed by atoms with Crippen molar-refractivity contribution in [2.45, 2.75) is 51.7 Å². The van der Waals surface area contributed by atoms with E-state index in [1.165, 1.54) is 25.1 Å². The SMILES string of the molecule is CC(=N)N=C(C)/C(=C/C(=O)c1cccc(C(F)(F)F)c1Cl)CC1CCCCN1. The molecule has 1 atom stereocenters. The highest BCUT2D eigenvalue weighted by Gasteiger charge is 2.34. The molecule has 1 fully saturated rings. The van der Waals surface area contributed by atoms with Crippen molar-refractivity contribution < 1.29 is 18.0 Å². The first kappa shape index (κ1) is 22.3. The van der Waals surface area contributed by atoms with Gasteiger partial charge in [-0.2, -0.15) is 13.2 Å². The van der Waals surface area contributed by atoms with Gasteiger partial charge in [0.2, 0.25) is 0 Å². The van der Waals surface area contributed by atoms with Gasteiger partial charge in [0.05, 0.1) is 10.6 Å². The third kappa shape index (κ3) is 6.01. The lowest BCUT2D eigenvalue weighted by Gasteiger charge is -2.24. The average Bonchev–Trinajstić information content (AvgIpc) is 2.60. The largest absolute Gasteiger partial charge is 0.417 e. The Kier molecular flexibility index (Phi) is 7.55. The molecule has 1 aliphatic heterocycles. The number of nitrogens with zero attached hydrogens (tertiary/aromatic N) is 1. The fourth-order valence-corrected chi connectivity index (χ4v) is 3.50. The summed E-state index contributed by atoms with van der Waals surface area (Å²) in [7, 11) is 0. The van der Waals surface area contributed by atoms with Crippen molar-refractivity contribution in [3.05, 3.63) is 46.0 Å². The first-order chi connectivity index (χ1) is 13.1. The molecule has 1 aliphatic rings. The lowest BCUT2D eigenvalue weighted by atomic mass is 9.94. The van der Waals surface area contributed by atoms with Gasteiger partial charge < -0.3 is 5.32 Å². The van der Waals surface area contributed by atoms with Gasteiger partial charge in [-0.05, 0) is 63.4 Å². The number of carbonyl (C=O) groups is 1. The number of piperidine rings is 1. The number of nitrogens with one attached hydrogen (secondary N) is 2. The van der Waals surface area contributed by atoms with Crippen molar-refractivity contribution in [1.82, 2.24) is 5.32 Å². The molecule has 0 spiro atoms. The zero-order valence-electron chi connectivity index (χ0n) is 15.8. The van der Waals surface area contributed by atoms with Crippen molar-refractivity contribution in [3.8, 4) is 0 Å². The Labute approximate surface area is 167 Å². The number of allylic oxidation sites excluding steroid dienone is 1. The highest BCUT2D eigenvalue weighted by Crippen LogP contribution is 2.36. The Hall–Kier alpha value is -1.99. The summed E-state index contributed by atoms with van der Waals surface area (Å²) in [5.74, 6) is -0.524. The summed E-state index contributed by atoms with van der Waals surface area (Å²) in [4.78, 5) is 16.8. The van der Waals surface area contributed by atoms with Crippen LogP contribution in [-0.4, -0.2) is 29.9 Å². The van der Waals surface area contributed by atoms with Gasteiger partial charge in [-0.25, -0.2) is 4.99 Å². The number of benzene rings is 1. The second-order valence-electron chi connectivity index (χ2n) is 6.83. The molecule has 152 valence electrons. The highest BCUT2D eigenvalue weighted by molar-refractivity contribution is 6.35. The Morgan fingerprint density at radius 2 is 2.07 bits per heavy atom. The van der Waals surface area contributed by atoms with E-state index in [0.29, 0.717) is 17.7 Å². The van der Waals surface area contributed by atoms with Crippen molar-refractivity contribution in [3.63, 3.8) is 0 Å². The van der Waals surface area contributed by atoms with Gasteiger partial charge in [0.15, 0.2) is 5.78 Å². The Morgan fingerprint density at radius 3 is 2.64 bits per heavy atom. The Bertz CT molecular complexity index is 809. The molecule has 0 aliphatic carbocycles. The van der Waals surface area contributed by atoms with E-state index in [2.05, 4.69) is 10.3 Å². The number of halogens is 4. The summed E-state index contributed by atoms with van der Waals surface area (Å²) in [6, 6.07) is 3.45. The Balaban J connectivity index is 2.39. The maximum atomic E-state index is 13.1. The van der Waals surface area contributed by atoms with Crippen LogP contribution >= 0.6 is 11.6 Å². The van der Waals surface area contributed by atoms with E-state index >= 15 is 0 Å². The van der Waals surface area contributed by atoms with Crippen LogP contribution in [0.5, 0.6) is 0 Å². The second-order valence-corrected chi connectivity index (χ2v) is 7.21. The number of rotatable bonds is 5. The first-order valence-corrected chi connectivity index (χ1v) is 9.42. The van der Waals surface area contributed by atoms with E-state index in [4.69, 9.17) is 17.0 Å². The fraction of sp³-hybridized carbons (Fsp3) is 0.450. The quantitative estimate of drug-likeness (QED) is 0.291. The number of hydrogen-bond acceptors (Lipinski definition) is 3. The molecule has 1 unspecified atom stereocenters. The van der Waals surface area contributed by atoms with Crippen LogP contribution in [0, 0.1) is 5.41 Å². The third-order valence-electron chi connectivity index (χ3n) is 4.55. The molecule has 0 radical (unpaired) electrons. The lowest BCUT2D eigenvalue weighted by Crippen LogP contribution is -2.34. The van der Waals surface area contributed by atoms with Crippen molar-refractivity contribution >= 4 is 28.9 Å². The molecular formula is C20H23ClF3N3O. The predicted molar refractivity (Wildman–Crippen MR) is 106 cm³/mol. The molecular weight excluding hydrogens is 391 g/mol. The number of aliphatic imine (C=N–C) groups is 1.